The molecule has 0 aliphatic carbocycles. The maximum absolute atomic E-state index is 13.4. The third-order valence-corrected chi connectivity index (χ3v) is 6.58. The lowest BCUT2D eigenvalue weighted by atomic mass is 9.81. The summed E-state index contributed by atoms with van der Waals surface area (Å²) in [5.41, 5.74) is 0.0963. The Balaban J connectivity index is 1.77. The van der Waals surface area contributed by atoms with Gasteiger partial charge in [0.25, 0.3) is 5.56 Å². The zero-order valence-corrected chi connectivity index (χ0v) is 17.5. The van der Waals surface area contributed by atoms with Crippen molar-refractivity contribution < 1.29 is 14.3 Å². The number of hydrogen-bond donors (Lipinski definition) is 0. The van der Waals surface area contributed by atoms with Crippen LogP contribution in [0.1, 0.15) is 31.1 Å². The van der Waals surface area contributed by atoms with Crippen LogP contribution in [0.2, 0.25) is 0 Å². The molecule has 2 aromatic heterocycles. The number of para-hydroxylation sites is 1. The van der Waals surface area contributed by atoms with Gasteiger partial charge in [0.1, 0.15) is 11.7 Å². The van der Waals surface area contributed by atoms with E-state index in [1.165, 1.54) is 18.4 Å². The predicted molar refractivity (Wildman–Crippen MR) is 110 cm³/mol. The van der Waals surface area contributed by atoms with Gasteiger partial charge in [0, 0.05) is 18.3 Å². The number of nitrogens with zero attached hydrogens (tertiary/aromatic N) is 4. The SMILES string of the molecule is CCn1ccc(C=c2sc3n(c2=O)C2c4ccccc4OC(C)(N=3)C2C(=O)OC)n1. The zero-order chi connectivity index (χ0) is 21.0. The highest BCUT2D eigenvalue weighted by atomic mass is 32.1. The summed E-state index contributed by atoms with van der Waals surface area (Å²) in [4.78, 5) is 31.4. The number of carbonyl (C=O) groups excluding carboxylic acids is 1. The molecule has 1 aromatic carbocycles. The minimum absolute atomic E-state index is 0.206. The number of benzene rings is 1. The fourth-order valence-electron chi connectivity index (χ4n) is 4.20. The second kappa shape index (κ2) is 6.66. The van der Waals surface area contributed by atoms with Crippen molar-refractivity contribution in [1.29, 1.82) is 0 Å². The van der Waals surface area contributed by atoms with E-state index in [0.717, 1.165) is 12.1 Å². The number of hydrogen-bond acceptors (Lipinski definition) is 7. The van der Waals surface area contributed by atoms with Crippen LogP contribution >= 0.6 is 11.3 Å². The molecule has 8 nitrogen and oxygen atoms in total. The summed E-state index contributed by atoms with van der Waals surface area (Å²) >= 11 is 1.27. The molecule has 154 valence electrons. The molecule has 3 atom stereocenters. The van der Waals surface area contributed by atoms with E-state index in [0.29, 0.717) is 20.8 Å². The van der Waals surface area contributed by atoms with Crippen molar-refractivity contribution in [2.75, 3.05) is 7.11 Å². The van der Waals surface area contributed by atoms with E-state index in [9.17, 15) is 9.59 Å². The number of aryl methyl sites for hydroxylation is 1. The van der Waals surface area contributed by atoms with Crippen LogP contribution in [-0.4, -0.2) is 33.2 Å². The Hall–Kier alpha value is -3.20. The van der Waals surface area contributed by atoms with Crippen molar-refractivity contribution in [2.24, 2.45) is 10.9 Å². The number of rotatable bonds is 3. The molecule has 30 heavy (non-hydrogen) atoms. The van der Waals surface area contributed by atoms with Crippen molar-refractivity contribution in [3.05, 3.63) is 67.5 Å². The molecule has 0 fully saturated rings. The molecule has 3 aromatic rings. The largest absolute Gasteiger partial charge is 0.469 e. The fourth-order valence-corrected chi connectivity index (χ4v) is 5.28. The Morgan fingerprint density at radius 2 is 2.17 bits per heavy atom. The van der Waals surface area contributed by atoms with Gasteiger partial charge in [0.05, 0.1) is 23.4 Å². The van der Waals surface area contributed by atoms with Gasteiger partial charge in [0.2, 0.25) is 5.72 Å². The van der Waals surface area contributed by atoms with E-state index in [1.807, 2.05) is 43.5 Å². The smallest absolute Gasteiger partial charge is 0.317 e. The first kappa shape index (κ1) is 18.8. The highest BCUT2D eigenvalue weighted by Gasteiger charge is 2.55. The first-order chi connectivity index (χ1) is 14.4. The molecule has 4 heterocycles. The molecule has 0 saturated carbocycles. The van der Waals surface area contributed by atoms with Crippen LogP contribution in [0.5, 0.6) is 5.75 Å². The van der Waals surface area contributed by atoms with Crippen molar-refractivity contribution in [1.82, 2.24) is 14.3 Å². The lowest BCUT2D eigenvalue weighted by Gasteiger charge is -2.44. The average Bonchev–Trinajstić information content (AvgIpc) is 3.30. The lowest BCUT2D eigenvalue weighted by molar-refractivity contribution is -0.158. The summed E-state index contributed by atoms with van der Waals surface area (Å²) < 4.78 is 15.1. The average molecular weight is 424 g/mol. The summed E-state index contributed by atoms with van der Waals surface area (Å²) in [7, 11) is 1.34. The number of aromatic nitrogens is 3. The molecule has 0 saturated heterocycles. The molecule has 2 aliphatic heterocycles. The zero-order valence-electron chi connectivity index (χ0n) is 16.7. The summed E-state index contributed by atoms with van der Waals surface area (Å²) in [6, 6.07) is 8.73. The van der Waals surface area contributed by atoms with Gasteiger partial charge in [-0.15, -0.1) is 0 Å². The normalized spacial score (nSPS) is 24.4. The van der Waals surface area contributed by atoms with Gasteiger partial charge in [-0.25, -0.2) is 4.99 Å². The van der Waals surface area contributed by atoms with E-state index in [4.69, 9.17) is 14.5 Å². The van der Waals surface area contributed by atoms with Crippen molar-refractivity contribution >= 4 is 23.4 Å². The van der Waals surface area contributed by atoms with Gasteiger partial charge in [-0.3, -0.25) is 18.8 Å². The molecule has 0 amide bonds. The molecule has 9 heteroatoms. The number of carbonyl (C=O) groups is 1. The predicted octanol–water partition coefficient (Wildman–Crippen LogP) is 1.08. The van der Waals surface area contributed by atoms with Crippen LogP contribution in [0.25, 0.3) is 6.08 Å². The Kier molecular flexibility index (Phi) is 4.18. The van der Waals surface area contributed by atoms with E-state index < -0.39 is 23.7 Å². The number of fused-ring (bicyclic) bond motifs is 6. The number of methoxy groups -OCH3 is 1. The molecule has 2 bridgehead atoms. The first-order valence-corrected chi connectivity index (χ1v) is 10.5. The van der Waals surface area contributed by atoms with Gasteiger partial charge in [-0.2, -0.15) is 5.10 Å². The lowest BCUT2D eigenvalue weighted by Crippen LogP contribution is -2.58. The number of thiazole rings is 1. The first-order valence-electron chi connectivity index (χ1n) is 9.67. The van der Waals surface area contributed by atoms with E-state index in [-0.39, 0.29) is 5.56 Å². The van der Waals surface area contributed by atoms with Crippen molar-refractivity contribution in [3.8, 4) is 5.75 Å². The van der Waals surface area contributed by atoms with Crippen LogP contribution in [0.4, 0.5) is 0 Å². The summed E-state index contributed by atoms with van der Waals surface area (Å²) in [5, 5.41) is 4.43. The van der Waals surface area contributed by atoms with E-state index >= 15 is 0 Å². The van der Waals surface area contributed by atoms with Crippen LogP contribution in [0.3, 0.4) is 0 Å². The minimum atomic E-state index is -1.16. The van der Waals surface area contributed by atoms with E-state index in [1.54, 1.807) is 22.2 Å². The molecule has 0 radical (unpaired) electrons. The summed E-state index contributed by atoms with van der Waals surface area (Å²) in [5.74, 6) is -0.619. The van der Waals surface area contributed by atoms with E-state index in [2.05, 4.69) is 5.10 Å². The Morgan fingerprint density at radius 1 is 1.37 bits per heavy atom. The van der Waals surface area contributed by atoms with Gasteiger partial charge >= 0.3 is 5.97 Å². The minimum Gasteiger partial charge on any atom is -0.469 e. The third kappa shape index (κ3) is 2.65. The molecule has 2 aliphatic rings. The van der Waals surface area contributed by atoms with Crippen LogP contribution < -0.4 is 19.6 Å². The highest BCUT2D eigenvalue weighted by Crippen LogP contribution is 2.47. The molecule has 0 N–H and O–H groups in total. The van der Waals surface area contributed by atoms with Crippen LogP contribution in [0, 0.1) is 5.92 Å². The summed E-state index contributed by atoms with van der Waals surface area (Å²) in [6.07, 6.45) is 3.62. The van der Waals surface area contributed by atoms with Crippen molar-refractivity contribution in [3.63, 3.8) is 0 Å². The molecule has 0 spiro atoms. The van der Waals surface area contributed by atoms with Gasteiger partial charge in [0.15, 0.2) is 4.80 Å². The quantitative estimate of drug-likeness (QED) is 0.587. The number of esters is 1. The molecular weight excluding hydrogens is 404 g/mol. The van der Waals surface area contributed by atoms with Crippen LogP contribution in [0.15, 0.2) is 46.3 Å². The summed E-state index contributed by atoms with van der Waals surface area (Å²) in [6.45, 7) is 4.51. The Bertz CT molecular complexity index is 1340. The molecular formula is C21H20N4O4S. The topological polar surface area (TPSA) is 87.7 Å². The molecule has 5 rings (SSSR count). The molecule has 3 unspecified atom stereocenters. The van der Waals surface area contributed by atoms with Crippen molar-refractivity contribution in [2.45, 2.75) is 32.2 Å². The monoisotopic (exact) mass is 424 g/mol. The maximum atomic E-state index is 13.4. The Labute approximate surface area is 175 Å². The fraction of sp³-hybridized carbons (Fsp3) is 0.333. The highest BCUT2D eigenvalue weighted by molar-refractivity contribution is 7.07. The standard InChI is InChI=1S/C21H20N4O4S/c1-4-24-10-9-12(23-24)11-15-18(26)25-17-13-7-5-6-8-14(13)29-21(2,22-20(25)30-15)16(17)19(27)28-3/h5-11,16-17H,4H2,1-3H3. The Morgan fingerprint density at radius 3 is 2.90 bits per heavy atom. The maximum Gasteiger partial charge on any atom is 0.317 e. The number of ether oxygens (including phenoxy) is 2. The third-order valence-electron chi connectivity index (χ3n) is 5.60. The second-order valence-corrected chi connectivity index (χ2v) is 8.43. The van der Waals surface area contributed by atoms with Gasteiger partial charge < -0.3 is 9.47 Å². The van der Waals surface area contributed by atoms with Gasteiger partial charge in [-0.05, 0) is 32.1 Å². The van der Waals surface area contributed by atoms with Crippen LogP contribution in [-0.2, 0) is 16.1 Å². The van der Waals surface area contributed by atoms with Gasteiger partial charge in [-0.1, -0.05) is 29.5 Å². The second-order valence-electron chi connectivity index (χ2n) is 7.42.